The highest BCUT2D eigenvalue weighted by Crippen LogP contribution is 2.42. The molecule has 2 fully saturated rings. The standard InChI is InChI=1S/C23H24ClN5O2/c1-15-13-23(14-31-15)9-11-29(12-10-23)22-25-20-19(21(30)28(22)2)18(26-27-20)8-7-16-5-3-4-6-17(16)24/h3-6,15H,9-14H2,1-2H3,(H,26,27)/t15-/m0/s1. The first-order valence-electron chi connectivity index (χ1n) is 10.5. The molecule has 1 atom stereocenters. The average Bonchev–Trinajstić information content (AvgIpc) is 3.34. The summed E-state index contributed by atoms with van der Waals surface area (Å²) in [5.74, 6) is 6.66. The van der Waals surface area contributed by atoms with Gasteiger partial charge in [0.05, 0.1) is 17.7 Å². The maximum atomic E-state index is 13.2. The summed E-state index contributed by atoms with van der Waals surface area (Å²) < 4.78 is 7.43. The molecule has 160 valence electrons. The Morgan fingerprint density at radius 3 is 2.74 bits per heavy atom. The van der Waals surface area contributed by atoms with E-state index in [-0.39, 0.29) is 11.0 Å². The van der Waals surface area contributed by atoms with Crippen molar-refractivity contribution in [1.82, 2.24) is 19.7 Å². The topological polar surface area (TPSA) is 76.0 Å². The van der Waals surface area contributed by atoms with E-state index in [1.165, 1.54) is 0 Å². The third-order valence-corrected chi connectivity index (χ3v) is 6.80. The van der Waals surface area contributed by atoms with Crippen molar-refractivity contribution >= 4 is 28.6 Å². The molecule has 5 rings (SSSR count). The van der Waals surface area contributed by atoms with Crippen molar-refractivity contribution in [2.45, 2.75) is 32.3 Å². The third kappa shape index (κ3) is 3.60. The number of hydrogen-bond donors (Lipinski definition) is 1. The number of rotatable bonds is 1. The minimum absolute atomic E-state index is 0.157. The molecule has 2 saturated heterocycles. The molecule has 1 spiro atoms. The fourth-order valence-corrected chi connectivity index (χ4v) is 4.87. The Bertz CT molecular complexity index is 1260. The number of hydrogen-bond acceptors (Lipinski definition) is 5. The van der Waals surface area contributed by atoms with Gasteiger partial charge in [-0.05, 0) is 49.7 Å². The molecule has 0 bridgehead atoms. The quantitative estimate of drug-likeness (QED) is 0.592. The summed E-state index contributed by atoms with van der Waals surface area (Å²) in [6, 6.07) is 7.34. The molecule has 3 aromatic rings. The molecule has 7 nitrogen and oxygen atoms in total. The van der Waals surface area contributed by atoms with Crippen LogP contribution in [0.2, 0.25) is 5.02 Å². The van der Waals surface area contributed by atoms with Crippen LogP contribution < -0.4 is 10.5 Å². The summed E-state index contributed by atoms with van der Waals surface area (Å²) in [6.45, 7) is 4.68. The van der Waals surface area contributed by atoms with Crippen molar-refractivity contribution in [3.05, 3.63) is 50.9 Å². The van der Waals surface area contributed by atoms with Gasteiger partial charge in [0.1, 0.15) is 11.1 Å². The highest BCUT2D eigenvalue weighted by atomic mass is 35.5. The van der Waals surface area contributed by atoms with E-state index < -0.39 is 0 Å². The first-order valence-corrected chi connectivity index (χ1v) is 10.9. The van der Waals surface area contributed by atoms with Crippen molar-refractivity contribution in [3.8, 4) is 11.8 Å². The van der Waals surface area contributed by atoms with Crippen LogP contribution in [0.1, 0.15) is 37.4 Å². The van der Waals surface area contributed by atoms with Gasteiger partial charge in [-0.2, -0.15) is 10.1 Å². The van der Waals surface area contributed by atoms with E-state index in [0.717, 1.165) is 39.0 Å². The van der Waals surface area contributed by atoms with Crippen molar-refractivity contribution in [2.75, 3.05) is 24.6 Å². The lowest BCUT2D eigenvalue weighted by Crippen LogP contribution is -2.43. The summed E-state index contributed by atoms with van der Waals surface area (Å²) in [7, 11) is 1.76. The lowest BCUT2D eigenvalue weighted by molar-refractivity contribution is 0.0974. The van der Waals surface area contributed by atoms with Crippen molar-refractivity contribution in [3.63, 3.8) is 0 Å². The molecule has 2 aliphatic heterocycles. The monoisotopic (exact) mass is 437 g/mol. The number of anilines is 1. The number of ether oxygens (including phenoxy) is 1. The van der Waals surface area contributed by atoms with E-state index in [1.54, 1.807) is 17.7 Å². The predicted octanol–water partition coefficient (Wildman–Crippen LogP) is 3.11. The molecule has 2 aromatic heterocycles. The zero-order valence-electron chi connectivity index (χ0n) is 17.6. The Morgan fingerprint density at radius 1 is 1.26 bits per heavy atom. The minimum Gasteiger partial charge on any atom is -0.378 e. The van der Waals surface area contributed by atoms with Gasteiger partial charge in [0.15, 0.2) is 5.65 Å². The summed E-state index contributed by atoms with van der Waals surface area (Å²) in [4.78, 5) is 20.1. The molecule has 0 aliphatic carbocycles. The van der Waals surface area contributed by atoms with Gasteiger partial charge in [0, 0.05) is 25.7 Å². The molecule has 4 heterocycles. The number of nitrogens with one attached hydrogen (secondary N) is 1. The predicted molar refractivity (Wildman–Crippen MR) is 120 cm³/mol. The number of aromatic nitrogens is 4. The lowest BCUT2D eigenvalue weighted by atomic mass is 9.77. The fourth-order valence-electron chi connectivity index (χ4n) is 4.69. The van der Waals surface area contributed by atoms with Crippen LogP contribution >= 0.6 is 11.6 Å². The highest BCUT2D eigenvalue weighted by Gasteiger charge is 2.41. The molecule has 1 N–H and O–H groups in total. The van der Waals surface area contributed by atoms with Gasteiger partial charge in [-0.15, -0.1) is 0 Å². The Labute approximate surface area is 185 Å². The van der Waals surface area contributed by atoms with Crippen molar-refractivity contribution in [1.29, 1.82) is 0 Å². The average molecular weight is 438 g/mol. The molecule has 0 unspecified atom stereocenters. The fraction of sp³-hybridized carbons (Fsp3) is 0.435. The SMILES string of the molecule is C[C@H]1CC2(CCN(c3nc4n[nH]c(C#Cc5ccccc5Cl)c4c(=O)n3C)CC2)CO1. The first kappa shape index (κ1) is 20.1. The summed E-state index contributed by atoms with van der Waals surface area (Å²) in [5, 5.41) is 8.10. The van der Waals surface area contributed by atoms with Gasteiger partial charge < -0.3 is 9.64 Å². The smallest absolute Gasteiger partial charge is 0.267 e. The van der Waals surface area contributed by atoms with Gasteiger partial charge in [0.25, 0.3) is 5.56 Å². The summed E-state index contributed by atoms with van der Waals surface area (Å²) in [5.41, 5.74) is 1.65. The van der Waals surface area contributed by atoms with Crippen molar-refractivity contribution in [2.24, 2.45) is 12.5 Å². The Morgan fingerprint density at radius 2 is 2.03 bits per heavy atom. The highest BCUT2D eigenvalue weighted by molar-refractivity contribution is 6.31. The number of nitrogens with zero attached hydrogens (tertiary/aromatic N) is 4. The second-order valence-corrected chi connectivity index (χ2v) is 9.02. The molecule has 31 heavy (non-hydrogen) atoms. The number of benzene rings is 1. The lowest BCUT2D eigenvalue weighted by Gasteiger charge is -2.39. The Balaban J connectivity index is 1.45. The van der Waals surface area contributed by atoms with Crippen LogP contribution in [-0.2, 0) is 11.8 Å². The largest absolute Gasteiger partial charge is 0.378 e. The number of piperidine rings is 1. The molecule has 0 saturated carbocycles. The molecular formula is C23H24ClN5O2. The van der Waals surface area contributed by atoms with Gasteiger partial charge in [0.2, 0.25) is 5.95 Å². The molecular weight excluding hydrogens is 414 g/mol. The van der Waals surface area contributed by atoms with Crippen LogP contribution in [0.15, 0.2) is 29.1 Å². The van der Waals surface area contributed by atoms with Gasteiger partial charge in [-0.3, -0.25) is 14.5 Å². The zero-order valence-corrected chi connectivity index (χ0v) is 18.4. The van der Waals surface area contributed by atoms with Crippen LogP contribution in [-0.4, -0.2) is 45.5 Å². The first-order chi connectivity index (χ1) is 15.0. The number of aromatic amines is 1. The summed E-state index contributed by atoms with van der Waals surface area (Å²) in [6.07, 6.45) is 3.53. The molecule has 1 aromatic carbocycles. The van der Waals surface area contributed by atoms with E-state index in [4.69, 9.17) is 21.3 Å². The zero-order chi connectivity index (χ0) is 21.6. The van der Waals surface area contributed by atoms with Crippen LogP contribution in [0.4, 0.5) is 5.95 Å². The number of H-pyrrole nitrogens is 1. The van der Waals surface area contributed by atoms with E-state index in [1.807, 2.05) is 18.2 Å². The normalized spacial score (nSPS) is 20.2. The van der Waals surface area contributed by atoms with Crippen LogP contribution in [0, 0.1) is 17.3 Å². The second kappa shape index (κ2) is 7.70. The van der Waals surface area contributed by atoms with E-state index in [9.17, 15) is 4.79 Å². The van der Waals surface area contributed by atoms with Gasteiger partial charge in [-0.1, -0.05) is 29.7 Å². The number of halogens is 1. The summed E-state index contributed by atoms with van der Waals surface area (Å²) >= 11 is 6.18. The Kier molecular flexibility index (Phi) is 4.99. The van der Waals surface area contributed by atoms with Gasteiger partial charge in [-0.25, -0.2) is 0 Å². The van der Waals surface area contributed by atoms with E-state index >= 15 is 0 Å². The van der Waals surface area contributed by atoms with Crippen molar-refractivity contribution < 1.29 is 4.74 Å². The second-order valence-electron chi connectivity index (χ2n) is 8.62. The Hall–Kier alpha value is -2.82. The molecule has 0 radical (unpaired) electrons. The maximum Gasteiger partial charge on any atom is 0.267 e. The molecule has 0 amide bonds. The van der Waals surface area contributed by atoms with E-state index in [0.29, 0.717) is 39.4 Å². The minimum atomic E-state index is -0.157. The van der Waals surface area contributed by atoms with Gasteiger partial charge >= 0.3 is 0 Å². The molecule has 2 aliphatic rings. The van der Waals surface area contributed by atoms with E-state index in [2.05, 4.69) is 33.9 Å². The van der Waals surface area contributed by atoms with Crippen LogP contribution in [0.25, 0.3) is 11.0 Å². The van der Waals surface area contributed by atoms with Crippen LogP contribution in [0.3, 0.4) is 0 Å². The molecule has 8 heteroatoms. The third-order valence-electron chi connectivity index (χ3n) is 6.47. The number of fused-ring (bicyclic) bond motifs is 1. The van der Waals surface area contributed by atoms with Crippen LogP contribution in [0.5, 0.6) is 0 Å². The maximum absolute atomic E-state index is 13.2.